The van der Waals surface area contributed by atoms with Crippen molar-refractivity contribution >= 4 is 34.5 Å². The van der Waals surface area contributed by atoms with Crippen molar-refractivity contribution in [3.63, 3.8) is 0 Å². The summed E-state index contributed by atoms with van der Waals surface area (Å²) in [6, 6.07) is 26.3. The third-order valence-electron chi connectivity index (χ3n) is 5.28. The summed E-state index contributed by atoms with van der Waals surface area (Å²) < 4.78 is 6.05. The first-order valence-corrected chi connectivity index (χ1v) is 10.8. The van der Waals surface area contributed by atoms with E-state index in [1.54, 1.807) is 0 Å². The second-order valence-electron chi connectivity index (χ2n) is 7.24. The number of hydrogen-bond donors (Lipinski definition) is 1. The molecular weight excluding hydrogens is 489 g/mol. The highest BCUT2D eigenvalue weighted by atomic mass is 127. The highest BCUT2D eigenvalue weighted by Gasteiger charge is 2.39. The number of hydrogen-bond acceptors (Lipinski definition) is 3. The fourth-order valence-electron chi connectivity index (χ4n) is 3.51. The van der Waals surface area contributed by atoms with Crippen molar-refractivity contribution < 1.29 is 14.3 Å². The van der Waals surface area contributed by atoms with E-state index in [1.165, 1.54) is 7.11 Å². The molecule has 0 radical (unpaired) electrons. The van der Waals surface area contributed by atoms with Crippen molar-refractivity contribution in [1.29, 1.82) is 0 Å². The number of carbonyl (C=O) groups excluding carboxylic acids is 2. The number of methoxy groups -OCH3 is 1. The molecule has 0 saturated carbocycles. The molecule has 0 spiro atoms. The van der Waals surface area contributed by atoms with E-state index < -0.39 is 17.4 Å². The van der Waals surface area contributed by atoms with Crippen LogP contribution in [0.4, 0.5) is 0 Å². The average Bonchev–Trinajstić information content (AvgIpc) is 2.78. The molecule has 1 amide bonds. The standard InChI is InChI=1S/C25H24INO3/c1-25(19-11-5-3-6-12-19,20-13-7-4-8-14-20)24(29)27-22(23(28)30-2)17-18-10-9-15-21(26)16-18/h3-16,22H,17H2,1-2H3,(H,27,29)/t22-/m0/s1. The third kappa shape index (κ3) is 4.90. The molecule has 0 unspecified atom stereocenters. The van der Waals surface area contributed by atoms with Gasteiger partial charge >= 0.3 is 5.97 Å². The second kappa shape index (κ2) is 9.89. The number of carbonyl (C=O) groups is 2. The smallest absolute Gasteiger partial charge is 0.328 e. The minimum absolute atomic E-state index is 0.249. The van der Waals surface area contributed by atoms with Gasteiger partial charge in [0, 0.05) is 9.99 Å². The summed E-state index contributed by atoms with van der Waals surface area (Å²) >= 11 is 2.23. The molecule has 0 heterocycles. The predicted molar refractivity (Wildman–Crippen MR) is 126 cm³/mol. The summed E-state index contributed by atoms with van der Waals surface area (Å²) in [5, 5.41) is 2.96. The molecule has 154 valence electrons. The molecule has 30 heavy (non-hydrogen) atoms. The van der Waals surface area contributed by atoms with E-state index in [0.717, 1.165) is 20.3 Å². The van der Waals surface area contributed by atoms with Crippen LogP contribution in [0, 0.1) is 3.57 Å². The quantitative estimate of drug-likeness (QED) is 0.374. The van der Waals surface area contributed by atoms with Gasteiger partial charge in [-0.3, -0.25) is 4.79 Å². The van der Waals surface area contributed by atoms with Crippen LogP contribution >= 0.6 is 22.6 Å². The monoisotopic (exact) mass is 513 g/mol. The van der Waals surface area contributed by atoms with E-state index >= 15 is 0 Å². The number of nitrogens with one attached hydrogen (secondary N) is 1. The van der Waals surface area contributed by atoms with E-state index in [4.69, 9.17) is 4.74 Å². The maximum absolute atomic E-state index is 13.6. The minimum atomic E-state index is -0.958. The molecule has 4 nitrogen and oxygen atoms in total. The lowest BCUT2D eigenvalue weighted by Gasteiger charge is -2.31. The predicted octanol–water partition coefficient (Wildman–Crippen LogP) is 4.50. The van der Waals surface area contributed by atoms with Crippen LogP contribution in [-0.2, 0) is 26.2 Å². The van der Waals surface area contributed by atoms with E-state index in [-0.39, 0.29) is 5.91 Å². The van der Waals surface area contributed by atoms with Crippen LogP contribution in [0.25, 0.3) is 0 Å². The molecule has 3 aromatic rings. The number of benzene rings is 3. The Balaban J connectivity index is 1.95. The highest BCUT2D eigenvalue weighted by Crippen LogP contribution is 2.32. The average molecular weight is 513 g/mol. The number of ether oxygens (including phenoxy) is 1. The molecule has 0 aliphatic rings. The van der Waals surface area contributed by atoms with Crippen molar-refractivity contribution in [2.45, 2.75) is 24.8 Å². The van der Waals surface area contributed by atoms with Gasteiger partial charge in [-0.15, -0.1) is 0 Å². The summed E-state index contributed by atoms with van der Waals surface area (Å²) in [6.07, 6.45) is 0.356. The summed E-state index contributed by atoms with van der Waals surface area (Å²) in [5.74, 6) is -0.716. The lowest BCUT2D eigenvalue weighted by molar-refractivity contribution is -0.145. The molecule has 0 aliphatic heterocycles. The van der Waals surface area contributed by atoms with Crippen molar-refractivity contribution in [3.05, 3.63) is 105 Å². The van der Waals surface area contributed by atoms with Crippen molar-refractivity contribution in [3.8, 4) is 0 Å². The van der Waals surface area contributed by atoms with Gasteiger partial charge in [0.2, 0.25) is 5.91 Å². The Morgan fingerprint density at radius 1 is 0.933 bits per heavy atom. The number of esters is 1. The zero-order chi connectivity index (χ0) is 21.6. The van der Waals surface area contributed by atoms with Gasteiger partial charge in [-0.2, -0.15) is 0 Å². The largest absolute Gasteiger partial charge is 0.467 e. The molecule has 0 saturated heterocycles. The van der Waals surface area contributed by atoms with Gasteiger partial charge in [0.25, 0.3) is 0 Å². The van der Waals surface area contributed by atoms with Gasteiger partial charge < -0.3 is 10.1 Å². The third-order valence-corrected chi connectivity index (χ3v) is 5.95. The van der Waals surface area contributed by atoms with Crippen molar-refractivity contribution in [2.24, 2.45) is 0 Å². The lowest BCUT2D eigenvalue weighted by Crippen LogP contribution is -2.51. The van der Waals surface area contributed by atoms with E-state index in [9.17, 15) is 9.59 Å². The molecule has 5 heteroatoms. The lowest BCUT2D eigenvalue weighted by atomic mass is 9.75. The van der Waals surface area contributed by atoms with Gasteiger partial charge in [0.1, 0.15) is 6.04 Å². The van der Waals surface area contributed by atoms with Gasteiger partial charge in [0.05, 0.1) is 12.5 Å². The normalized spacial score (nSPS) is 12.1. The Kier molecular flexibility index (Phi) is 7.26. The van der Waals surface area contributed by atoms with Crippen molar-refractivity contribution in [1.82, 2.24) is 5.32 Å². The molecule has 1 N–H and O–H groups in total. The van der Waals surface area contributed by atoms with Crippen LogP contribution in [0.1, 0.15) is 23.6 Å². The van der Waals surface area contributed by atoms with Crippen molar-refractivity contribution in [2.75, 3.05) is 7.11 Å². The highest BCUT2D eigenvalue weighted by molar-refractivity contribution is 14.1. The van der Waals surface area contributed by atoms with Crippen LogP contribution in [0.3, 0.4) is 0 Å². The molecule has 0 fully saturated rings. The number of halogens is 1. The fourth-order valence-corrected chi connectivity index (χ4v) is 4.12. The molecule has 0 aromatic heterocycles. The van der Waals surface area contributed by atoms with E-state index in [0.29, 0.717) is 6.42 Å². The van der Waals surface area contributed by atoms with Gasteiger partial charge in [0.15, 0.2) is 0 Å². The number of amides is 1. The van der Waals surface area contributed by atoms with Gasteiger partial charge in [-0.25, -0.2) is 4.79 Å². The van der Waals surface area contributed by atoms with Gasteiger partial charge in [-0.1, -0.05) is 72.8 Å². The molecule has 0 aliphatic carbocycles. The summed E-state index contributed by atoms with van der Waals surface area (Å²) in [4.78, 5) is 26.1. The Morgan fingerprint density at radius 3 is 2.00 bits per heavy atom. The van der Waals surface area contributed by atoms with Crippen LogP contribution < -0.4 is 5.32 Å². The fraction of sp³-hybridized carbons (Fsp3) is 0.200. The first-order chi connectivity index (χ1) is 14.4. The van der Waals surface area contributed by atoms with Crippen LogP contribution in [0.5, 0.6) is 0 Å². The van der Waals surface area contributed by atoms with Crippen LogP contribution in [-0.4, -0.2) is 25.0 Å². The molecule has 3 aromatic carbocycles. The van der Waals surface area contributed by atoms with Crippen LogP contribution in [0.15, 0.2) is 84.9 Å². The maximum atomic E-state index is 13.6. The maximum Gasteiger partial charge on any atom is 0.328 e. The Morgan fingerprint density at radius 2 is 1.50 bits per heavy atom. The zero-order valence-electron chi connectivity index (χ0n) is 17.0. The Hall–Kier alpha value is -2.67. The van der Waals surface area contributed by atoms with E-state index in [2.05, 4.69) is 27.9 Å². The molecular formula is C25H24INO3. The summed E-state index contributed by atoms with van der Waals surface area (Å²) in [6.45, 7) is 1.88. The Labute approximate surface area is 190 Å². The minimum Gasteiger partial charge on any atom is -0.467 e. The topological polar surface area (TPSA) is 55.4 Å². The van der Waals surface area contributed by atoms with Crippen LogP contribution in [0.2, 0.25) is 0 Å². The summed E-state index contributed by atoms with van der Waals surface area (Å²) in [7, 11) is 1.34. The summed E-state index contributed by atoms with van der Waals surface area (Å²) in [5.41, 5.74) is 1.71. The first-order valence-electron chi connectivity index (χ1n) is 9.69. The first kappa shape index (κ1) is 22.0. The molecule has 3 rings (SSSR count). The van der Waals surface area contributed by atoms with Gasteiger partial charge in [-0.05, 0) is 58.3 Å². The Bertz CT molecular complexity index is 966. The second-order valence-corrected chi connectivity index (χ2v) is 8.49. The molecule has 1 atom stereocenters. The number of rotatable bonds is 7. The SMILES string of the molecule is COC(=O)[C@H](Cc1cccc(I)c1)NC(=O)C(C)(c1ccccc1)c1ccccc1. The molecule has 0 bridgehead atoms. The van der Waals surface area contributed by atoms with E-state index in [1.807, 2.05) is 91.9 Å². The zero-order valence-corrected chi connectivity index (χ0v) is 19.1.